The Balaban J connectivity index is 2.28. The Hall–Kier alpha value is -1.33. The van der Waals surface area contributed by atoms with Crippen LogP contribution in [0.3, 0.4) is 0 Å². The normalized spacial score (nSPS) is 14.5. The van der Waals surface area contributed by atoms with Crippen molar-refractivity contribution in [3.05, 3.63) is 35.8 Å². The quantitative estimate of drug-likeness (QED) is 0.618. The minimum Gasteiger partial charge on any atom is -0.591 e. The van der Waals surface area contributed by atoms with Crippen LogP contribution in [0.5, 0.6) is 0 Å². The van der Waals surface area contributed by atoms with Crippen molar-refractivity contribution >= 4 is 28.5 Å². The van der Waals surface area contributed by atoms with Crippen LogP contribution in [0.15, 0.2) is 33.1 Å². The number of furan rings is 1. The summed E-state index contributed by atoms with van der Waals surface area (Å²) in [7, 11) is 0. The smallest absolute Gasteiger partial charge is 0.151 e. The maximum absolute atomic E-state index is 13.4. The fourth-order valence-electron chi connectivity index (χ4n) is 1.37. The SMILES string of the molecule is CC(C)(C)[S+]([O-])/N=C/c1cc2c(F)cccc2o1. The van der Waals surface area contributed by atoms with E-state index in [-0.39, 0.29) is 5.82 Å². The monoisotopic (exact) mass is 267 g/mol. The highest BCUT2D eigenvalue weighted by Gasteiger charge is 2.26. The summed E-state index contributed by atoms with van der Waals surface area (Å²) in [4.78, 5) is 0. The largest absolute Gasteiger partial charge is 0.591 e. The predicted molar refractivity (Wildman–Crippen MR) is 71.7 cm³/mol. The molecule has 3 nitrogen and oxygen atoms in total. The topological polar surface area (TPSA) is 48.6 Å². The van der Waals surface area contributed by atoms with Gasteiger partial charge in [-0.1, -0.05) is 10.5 Å². The van der Waals surface area contributed by atoms with E-state index in [0.29, 0.717) is 16.7 Å². The highest BCUT2D eigenvalue weighted by molar-refractivity contribution is 7.91. The molecule has 2 aromatic rings. The van der Waals surface area contributed by atoms with E-state index in [1.54, 1.807) is 18.2 Å². The van der Waals surface area contributed by atoms with Gasteiger partial charge < -0.3 is 8.97 Å². The van der Waals surface area contributed by atoms with Gasteiger partial charge in [0.05, 0.1) is 5.39 Å². The molecule has 1 atom stereocenters. The summed E-state index contributed by atoms with van der Waals surface area (Å²) in [5, 5.41) is 0.403. The van der Waals surface area contributed by atoms with Crippen molar-refractivity contribution in [2.24, 2.45) is 4.40 Å². The van der Waals surface area contributed by atoms with Crippen molar-refractivity contribution in [2.45, 2.75) is 25.5 Å². The molecule has 0 aliphatic carbocycles. The standard InChI is InChI=1S/C13H14FNO2S/c1-13(2,3)18(16)15-8-9-7-10-11(14)5-4-6-12(10)17-9/h4-8H,1-3H3/b15-8+. The zero-order valence-corrected chi connectivity index (χ0v) is 11.3. The van der Waals surface area contributed by atoms with Crippen LogP contribution >= 0.6 is 0 Å². The van der Waals surface area contributed by atoms with Crippen LogP contribution in [0, 0.1) is 5.82 Å². The van der Waals surface area contributed by atoms with Crippen molar-refractivity contribution in [1.82, 2.24) is 0 Å². The number of fused-ring (bicyclic) bond motifs is 1. The Bertz CT molecular complexity index is 586. The molecule has 18 heavy (non-hydrogen) atoms. The van der Waals surface area contributed by atoms with Crippen molar-refractivity contribution in [3.8, 4) is 0 Å². The molecule has 2 rings (SSSR count). The van der Waals surface area contributed by atoms with Crippen LogP contribution in [0.25, 0.3) is 11.0 Å². The van der Waals surface area contributed by atoms with Gasteiger partial charge in [-0.3, -0.25) is 0 Å². The Morgan fingerprint density at radius 3 is 2.72 bits per heavy atom. The van der Waals surface area contributed by atoms with Crippen molar-refractivity contribution < 1.29 is 13.4 Å². The first-order valence-corrected chi connectivity index (χ1v) is 6.63. The summed E-state index contributed by atoms with van der Waals surface area (Å²) in [5.41, 5.74) is 0.456. The second-order valence-electron chi connectivity index (χ2n) is 4.90. The van der Waals surface area contributed by atoms with E-state index in [4.69, 9.17) is 4.42 Å². The van der Waals surface area contributed by atoms with E-state index >= 15 is 0 Å². The lowest BCUT2D eigenvalue weighted by molar-refractivity contribution is 0.561. The molecule has 1 unspecified atom stereocenters. The molecule has 1 heterocycles. The molecule has 0 amide bonds. The zero-order valence-electron chi connectivity index (χ0n) is 10.4. The molecule has 0 aliphatic rings. The third-order valence-corrected chi connectivity index (χ3v) is 3.67. The van der Waals surface area contributed by atoms with Gasteiger partial charge in [-0.15, -0.1) is 0 Å². The molecule has 0 bridgehead atoms. The molecule has 5 heteroatoms. The molecule has 0 saturated carbocycles. The second kappa shape index (κ2) is 4.74. The highest BCUT2D eigenvalue weighted by atomic mass is 32.2. The van der Waals surface area contributed by atoms with E-state index in [1.165, 1.54) is 12.3 Å². The molecule has 0 aliphatic heterocycles. The molecular formula is C13H14FNO2S. The Morgan fingerprint density at radius 2 is 2.11 bits per heavy atom. The molecular weight excluding hydrogens is 253 g/mol. The van der Waals surface area contributed by atoms with Gasteiger partial charge in [-0.2, -0.15) is 0 Å². The van der Waals surface area contributed by atoms with Crippen LogP contribution in [-0.2, 0) is 11.4 Å². The van der Waals surface area contributed by atoms with Crippen molar-refractivity contribution in [3.63, 3.8) is 0 Å². The Kier molecular flexibility index (Phi) is 3.45. The minimum atomic E-state index is -1.35. The first-order valence-electron chi connectivity index (χ1n) is 5.52. The molecule has 0 N–H and O–H groups in total. The minimum absolute atomic E-state index is 0.340. The molecule has 0 saturated heterocycles. The molecule has 0 fully saturated rings. The molecule has 96 valence electrons. The zero-order chi connectivity index (χ0) is 13.3. The van der Waals surface area contributed by atoms with Crippen LogP contribution in [0.2, 0.25) is 0 Å². The van der Waals surface area contributed by atoms with Gasteiger partial charge in [-0.25, -0.2) is 4.39 Å². The van der Waals surface area contributed by atoms with E-state index in [1.807, 2.05) is 20.8 Å². The van der Waals surface area contributed by atoms with Crippen LogP contribution in [-0.4, -0.2) is 15.5 Å². The Morgan fingerprint density at radius 1 is 1.39 bits per heavy atom. The molecule has 0 radical (unpaired) electrons. The third kappa shape index (κ3) is 2.73. The maximum Gasteiger partial charge on any atom is 0.151 e. The lowest BCUT2D eigenvalue weighted by atomic mass is 10.2. The molecule has 1 aromatic carbocycles. The van der Waals surface area contributed by atoms with Crippen molar-refractivity contribution in [1.29, 1.82) is 0 Å². The number of benzene rings is 1. The van der Waals surface area contributed by atoms with Crippen LogP contribution in [0.1, 0.15) is 26.5 Å². The fourth-order valence-corrected chi connectivity index (χ4v) is 1.88. The second-order valence-corrected chi connectivity index (χ2v) is 6.83. The average Bonchev–Trinajstić information content (AvgIpc) is 2.69. The van der Waals surface area contributed by atoms with Gasteiger partial charge in [0, 0.05) is 0 Å². The summed E-state index contributed by atoms with van der Waals surface area (Å²) >= 11 is -1.35. The molecule has 0 spiro atoms. The number of hydrogen-bond acceptors (Lipinski definition) is 3. The van der Waals surface area contributed by atoms with Gasteiger partial charge in [0.1, 0.15) is 33.7 Å². The highest BCUT2D eigenvalue weighted by Crippen LogP contribution is 2.22. The lowest BCUT2D eigenvalue weighted by Crippen LogP contribution is -2.25. The van der Waals surface area contributed by atoms with Gasteiger partial charge in [0.15, 0.2) is 5.76 Å². The first-order chi connectivity index (χ1) is 8.38. The fraction of sp³-hybridized carbons (Fsp3) is 0.308. The maximum atomic E-state index is 13.4. The average molecular weight is 267 g/mol. The Labute approximate surface area is 108 Å². The van der Waals surface area contributed by atoms with E-state index in [2.05, 4.69) is 4.40 Å². The number of rotatable bonds is 2. The summed E-state index contributed by atoms with van der Waals surface area (Å²) in [6.45, 7) is 5.50. The van der Waals surface area contributed by atoms with E-state index in [9.17, 15) is 8.94 Å². The lowest BCUT2D eigenvalue weighted by Gasteiger charge is -2.17. The summed E-state index contributed by atoms with van der Waals surface area (Å²) < 4.78 is 34.0. The number of hydrogen-bond donors (Lipinski definition) is 0. The van der Waals surface area contributed by atoms with Gasteiger partial charge in [0.25, 0.3) is 0 Å². The predicted octanol–water partition coefficient (Wildman–Crippen LogP) is 3.45. The molecule has 1 aromatic heterocycles. The summed E-state index contributed by atoms with van der Waals surface area (Å²) in [6, 6.07) is 6.17. The van der Waals surface area contributed by atoms with Gasteiger partial charge >= 0.3 is 0 Å². The van der Waals surface area contributed by atoms with Gasteiger partial charge in [-0.05, 0) is 39.0 Å². The number of nitrogens with zero attached hydrogens (tertiary/aromatic N) is 1. The van der Waals surface area contributed by atoms with E-state index < -0.39 is 16.1 Å². The van der Waals surface area contributed by atoms with E-state index in [0.717, 1.165) is 0 Å². The van der Waals surface area contributed by atoms with Crippen molar-refractivity contribution in [2.75, 3.05) is 0 Å². The third-order valence-electron chi connectivity index (χ3n) is 2.33. The van der Waals surface area contributed by atoms with Gasteiger partial charge in [0.2, 0.25) is 0 Å². The number of halogens is 1. The first kappa shape index (κ1) is 13.1. The summed E-state index contributed by atoms with van der Waals surface area (Å²) in [5.74, 6) is 0.0561. The van der Waals surface area contributed by atoms with Crippen LogP contribution in [0.4, 0.5) is 4.39 Å². The van der Waals surface area contributed by atoms with Crippen LogP contribution < -0.4 is 0 Å². The summed E-state index contributed by atoms with van der Waals surface area (Å²) in [6.07, 6.45) is 1.38.